The second-order valence-corrected chi connectivity index (χ2v) is 5.34. The Morgan fingerprint density at radius 3 is 2.67 bits per heavy atom. The highest BCUT2D eigenvalue weighted by atomic mass is 35.5. The number of hydrogen-bond acceptors (Lipinski definition) is 3. The van der Waals surface area contributed by atoms with E-state index in [1.165, 1.54) is 25.7 Å². The van der Waals surface area contributed by atoms with E-state index in [2.05, 4.69) is 16.1 Å². The van der Waals surface area contributed by atoms with E-state index < -0.39 is 0 Å². The molecule has 0 aliphatic heterocycles. The molecule has 1 aromatic rings. The molecule has 0 saturated heterocycles. The van der Waals surface area contributed by atoms with Crippen LogP contribution < -0.4 is 0 Å². The number of halogens is 1. The van der Waals surface area contributed by atoms with Crippen molar-refractivity contribution in [2.75, 3.05) is 6.54 Å². The van der Waals surface area contributed by atoms with Crippen molar-refractivity contribution in [3.63, 3.8) is 0 Å². The Morgan fingerprint density at radius 2 is 2.17 bits per heavy atom. The smallest absolute Gasteiger partial charge is 0.131 e. The summed E-state index contributed by atoms with van der Waals surface area (Å²) in [6.07, 6.45) is 4.93. The summed E-state index contributed by atoms with van der Waals surface area (Å²) in [5.41, 5.74) is 2.02. The highest BCUT2D eigenvalue weighted by Gasteiger charge is 2.24. The van der Waals surface area contributed by atoms with E-state index in [-0.39, 0.29) is 0 Å². The van der Waals surface area contributed by atoms with Gasteiger partial charge in [0.15, 0.2) is 0 Å². The monoisotopic (exact) mass is 266 g/mol. The van der Waals surface area contributed by atoms with Gasteiger partial charge in [0, 0.05) is 25.2 Å². The third-order valence-corrected chi connectivity index (χ3v) is 4.22. The lowest BCUT2D eigenvalue weighted by Crippen LogP contribution is -2.33. The number of hydrogen-bond donors (Lipinski definition) is 0. The van der Waals surface area contributed by atoms with Gasteiger partial charge in [0.25, 0.3) is 0 Å². The zero-order valence-corrected chi connectivity index (χ0v) is 11.7. The molecule has 0 radical (unpaired) electrons. The first kappa shape index (κ1) is 13.4. The fourth-order valence-corrected chi connectivity index (χ4v) is 2.97. The molecule has 1 saturated carbocycles. The van der Waals surface area contributed by atoms with Crippen molar-refractivity contribution in [2.45, 2.75) is 45.2 Å². The SMILES string of the molecule is Cc1nn(C)c(Cl)c1CN(CC#N)C1CCCC1. The maximum Gasteiger partial charge on any atom is 0.131 e. The van der Waals surface area contributed by atoms with Crippen molar-refractivity contribution in [1.29, 1.82) is 5.26 Å². The molecular formula is C13H19ClN4. The maximum atomic E-state index is 8.97. The normalized spacial score (nSPS) is 16.4. The molecule has 1 aliphatic rings. The van der Waals surface area contributed by atoms with Gasteiger partial charge >= 0.3 is 0 Å². The molecule has 98 valence electrons. The molecule has 0 amide bonds. The van der Waals surface area contributed by atoms with E-state index in [0.29, 0.717) is 17.7 Å². The molecule has 1 aromatic heterocycles. The molecule has 1 aliphatic carbocycles. The van der Waals surface area contributed by atoms with E-state index in [4.69, 9.17) is 16.9 Å². The first-order valence-electron chi connectivity index (χ1n) is 6.42. The lowest BCUT2D eigenvalue weighted by atomic mass is 10.1. The van der Waals surface area contributed by atoms with Crippen LogP contribution in [0.2, 0.25) is 5.15 Å². The van der Waals surface area contributed by atoms with Gasteiger partial charge in [-0.05, 0) is 19.8 Å². The van der Waals surface area contributed by atoms with Crippen LogP contribution in [0.3, 0.4) is 0 Å². The summed E-state index contributed by atoms with van der Waals surface area (Å²) < 4.78 is 1.70. The molecule has 1 heterocycles. The molecule has 0 bridgehead atoms. The van der Waals surface area contributed by atoms with Gasteiger partial charge in [-0.1, -0.05) is 24.4 Å². The second-order valence-electron chi connectivity index (χ2n) is 4.98. The first-order valence-corrected chi connectivity index (χ1v) is 6.80. The minimum atomic E-state index is 0.468. The third-order valence-electron chi connectivity index (χ3n) is 3.75. The van der Waals surface area contributed by atoms with Crippen LogP contribution in [0.15, 0.2) is 0 Å². The molecule has 0 unspecified atom stereocenters. The van der Waals surface area contributed by atoms with Crippen molar-refractivity contribution in [2.24, 2.45) is 7.05 Å². The van der Waals surface area contributed by atoms with Crippen molar-refractivity contribution >= 4 is 11.6 Å². The van der Waals surface area contributed by atoms with E-state index in [1.807, 2.05) is 14.0 Å². The summed E-state index contributed by atoms with van der Waals surface area (Å²) in [4.78, 5) is 2.24. The molecule has 0 N–H and O–H groups in total. The van der Waals surface area contributed by atoms with Gasteiger partial charge in [-0.25, -0.2) is 0 Å². The lowest BCUT2D eigenvalue weighted by Gasteiger charge is -2.26. The topological polar surface area (TPSA) is 44.9 Å². The van der Waals surface area contributed by atoms with Crippen molar-refractivity contribution in [1.82, 2.24) is 14.7 Å². The highest BCUT2D eigenvalue weighted by Crippen LogP contribution is 2.27. The van der Waals surface area contributed by atoms with Gasteiger partial charge in [-0.2, -0.15) is 10.4 Å². The molecule has 0 atom stereocenters. The third kappa shape index (κ3) is 2.68. The lowest BCUT2D eigenvalue weighted by molar-refractivity contribution is 0.214. The van der Waals surface area contributed by atoms with Crippen LogP contribution in [-0.4, -0.2) is 27.3 Å². The standard InChI is InChI=1S/C13H19ClN4/c1-10-12(13(14)17(2)16-10)9-18(8-7-15)11-5-3-4-6-11/h11H,3-6,8-9H2,1-2H3. The molecule has 0 spiro atoms. The van der Waals surface area contributed by atoms with Gasteiger partial charge in [0.05, 0.1) is 18.3 Å². The molecule has 18 heavy (non-hydrogen) atoms. The predicted molar refractivity (Wildman–Crippen MR) is 71.2 cm³/mol. The minimum Gasteiger partial charge on any atom is -0.283 e. The summed E-state index contributed by atoms with van der Waals surface area (Å²) >= 11 is 6.26. The molecule has 4 nitrogen and oxygen atoms in total. The van der Waals surface area contributed by atoms with Crippen LogP contribution in [0.1, 0.15) is 36.9 Å². The number of nitriles is 1. The number of nitrogens with zero attached hydrogens (tertiary/aromatic N) is 4. The predicted octanol–water partition coefficient (Wildman–Crippen LogP) is 2.65. The van der Waals surface area contributed by atoms with Gasteiger partial charge in [-0.15, -0.1) is 0 Å². The number of aromatic nitrogens is 2. The molecule has 0 aromatic carbocycles. The molecule has 1 fully saturated rings. The Hall–Kier alpha value is -1.05. The van der Waals surface area contributed by atoms with Crippen LogP contribution in [0.4, 0.5) is 0 Å². The summed E-state index contributed by atoms with van der Waals surface area (Å²) in [5, 5.41) is 14.0. The highest BCUT2D eigenvalue weighted by molar-refractivity contribution is 6.30. The molecule has 2 rings (SSSR count). The number of rotatable bonds is 4. The van der Waals surface area contributed by atoms with Crippen molar-refractivity contribution in [3.05, 3.63) is 16.4 Å². The Balaban J connectivity index is 2.15. The average Bonchev–Trinajstić information content (AvgIpc) is 2.93. The van der Waals surface area contributed by atoms with E-state index in [9.17, 15) is 0 Å². The summed E-state index contributed by atoms with van der Waals surface area (Å²) in [7, 11) is 1.85. The fourth-order valence-electron chi connectivity index (χ4n) is 2.73. The largest absolute Gasteiger partial charge is 0.283 e. The summed E-state index contributed by atoms with van der Waals surface area (Å²) in [5.74, 6) is 0. The van der Waals surface area contributed by atoms with Gasteiger partial charge < -0.3 is 0 Å². The van der Waals surface area contributed by atoms with Crippen LogP contribution in [0, 0.1) is 18.3 Å². The second kappa shape index (κ2) is 5.73. The molecular weight excluding hydrogens is 248 g/mol. The van der Waals surface area contributed by atoms with E-state index >= 15 is 0 Å². The first-order chi connectivity index (χ1) is 8.63. The van der Waals surface area contributed by atoms with E-state index in [1.54, 1.807) is 4.68 Å². The Kier molecular flexibility index (Phi) is 4.26. The quantitative estimate of drug-likeness (QED) is 0.787. The Labute approximate surface area is 113 Å². The minimum absolute atomic E-state index is 0.468. The Morgan fingerprint density at radius 1 is 1.50 bits per heavy atom. The average molecular weight is 267 g/mol. The zero-order valence-electron chi connectivity index (χ0n) is 11.0. The summed E-state index contributed by atoms with van der Waals surface area (Å²) in [6.45, 7) is 3.17. The van der Waals surface area contributed by atoms with Crippen LogP contribution in [0.25, 0.3) is 0 Å². The molecule has 5 heteroatoms. The maximum absolute atomic E-state index is 8.97. The van der Waals surface area contributed by atoms with E-state index in [0.717, 1.165) is 17.8 Å². The van der Waals surface area contributed by atoms with Gasteiger partial charge in [0.2, 0.25) is 0 Å². The summed E-state index contributed by atoms with van der Waals surface area (Å²) in [6, 6.07) is 2.79. The Bertz CT molecular complexity index is 454. The number of aryl methyl sites for hydroxylation is 2. The van der Waals surface area contributed by atoms with Crippen LogP contribution in [-0.2, 0) is 13.6 Å². The van der Waals surface area contributed by atoms with Crippen LogP contribution in [0.5, 0.6) is 0 Å². The van der Waals surface area contributed by atoms with Gasteiger partial charge in [0.1, 0.15) is 5.15 Å². The fraction of sp³-hybridized carbons (Fsp3) is 0.692. The van der Waals surface area contributed by atoms with Crippen LogP contribution >= 0.6 is 11.6 Å². The van der Waals surface area contributed by atoms with Crippen molar-refractivity contribution in [3.8, 4) is 6.07 Å². The van der Waals surface area contributed by atoms with Gasteiger partial charge in [-0.3, -0.25) is 9.58 Å². The van der Waals surface area contributed by atoms with Crippen molar-refractivity contribution < 1.29 is 0 Å². The zero-order chi connectivity index (χ0) is 13.1.